The SMILES string of the molecule is C[C@@H]1CN(c2cc(F)c(-c3csc(C(=O)N(C)C4CCCCC4)n3)cc2NC(=O)c2cn(C)c(=O)cc2C(F)(F)F)C[C@H](C)N1C. The van der Waals surface area contributed by atoms with Crippen molar-refractivity contribution in [2.45, 2.75) is 70.3 Å². The second kappa shape index (κ2) is 13.1. The number of rotatable bonds is 6. The number of halogens is 4. The van der Waals surface area contributed by atoms with E-state index in [4.69, 9.17) is 0 Å². The molecular formula is C32H38F4N6O3S. The minimum Gasteiger partial charge on any atom is -0.367 e. The third-order valence-electron chi connectivity index (χ3n) is 9.22. The van der Waals surface area contributed by atoms with Crippen molar-refractivity contribution >= 4 is 34.5 Å². The van der Waals surface area contributed by atoms with Crippen LogP contribution in [0.2, 0.25) is 0 Å². The molecule has 1 saturated heterocycles. The number of benzene rings is 1. The zero-order valence-electron chi connectivity index (χ0n) is 26.4. The molecule has 1 aromatic carbocycles. The summed E-state index contributed by atoms with van der Waals surface area (Å²) in [5.41, 5.74) is -2.51. The van der Waals surface area contributed by atoms with Crippen molar-refractivity contribution in [1.82, 2.24) is 19.4 Å². The molecule has 1 saturated carbocycles. The van der Waals surface area contributed by atoms with Crippen LogP contribution in [0.5, 0.6) is 0 Å². The number of anilines is 2. The van der Waals surface area contributed by atoms with Crippen LogP contribution in [0.4, 0.5) is 28.9 Å². The van der Waals surface area contributed by atoms with Gasteiger partial charge in [0.25, 0.3) is 17.4 Å². The van der Waals surface area contributed by atoms with Crippen molar-refractivity contribution < 1.29 is 27.2 Å². The molecule has 1 aliphatic carbocycles. The Morgan fingerprint density at radius 3 is 2.33 bits per heavy atom. The summed E-state index contributed by atoms with van der Waals surface area (Å²) in [6.07, 6.45) is 0.931. The molecule has 9 nitrogen and oxygen atoms in total. The normalized spacial score (nSPS) is 19.7. The molecule has 0 unspecified atom stereocenters. The summed E-state index contributed by atoms with van der Waals surface area (Å²) in [5, 5.41) is 4.33. The van der Waals surface area contributed by atoms with Gasteiger partial charge in [-0.15, -0.1) is 11.3 Å². The third kappa shape index (κ3) is 6.82. The molecule has 14 heteroatoms. The highest BCUT2D eigenvalue weighted by atomic mass is 32.1. The lowest BCUT2D eigenvalue weighted by atomic mass is 9.94. The number of nitrogens with zero attached hydrogens (tertiary/aromatic N) is 5. The standard InChI is InChI=1S/C32H38F4N6O3S/c1-18-14-42(15-19(2)40(18)4)27-13-24(33)21(26-17-46-30(38-26)31(45)41(5)20-9-7-6-8-10-20)11-25(27)37-29(44)22-16-39(3)28(43)12-23(22)32(34,35)36/h11-13,16-20H,6-10,14-15H2,1-5H3,(H,37,44)/t18-,19+. The van der Waals surface area contributed by atoms with Gasteiger partial charge in [0.2, 0.25) is 0 Å². The van der Waals surface area contributed by atoms with Crippen LogP contribution >= 0.6 is 11.3 Å². The van der Waals surface area contributed by atoms with Crippen molar-refractivity contribution in [3.63, 3.8) is 0 Å². The number of alkyl halides is 3. The first-order valence-electron chi connectivity index (χ1n) is 15.3. The maximum atomic E-state index is 15.9. The Morgan fingerprint density at radius 1 is 1.04 bits per heavy atom. The van der Waals surface area contributed by atoms with E-state index in [0.29, 0.717) is 24.8 Å². The summed E-state index contributed by atoms with van der Waals surface area (Å²) in [6, 6.07) is 3.20. The number of nitrogens with one attached hydrogen (secondary N) is 1. The highest BCUT2D eigenvalue weighted by Gasteiger charge is 2.37. The zero-order chi connectivity index (χ0) is 33.5. The monoisotopic (exact) mass is 662 g/mol. The minimum absolute atomic E-state index is 0.0126. The van der Waals surface area contributed by atoms with Crippen molar-refractivity contribution in [3.05, 3.63) is 62.1 Å². The lowest BCUT2D eigenvalue weighted by Gasteiger charge is -2.44. The topological polar surface area (TPSA) is 90.8 Å². The van der Waals surface area contributed by atoms with Gasteiger partial charge in [-0.2, -0.15) is 13.2 Å². The second-order valence-corrected chi connectivity index (χ2v) is 13.2. The van der Waals surface area contributed by atoms with Gasteiger partial charge >= 0.3 is 6.18 Å². The number of thiazole rings is 1. The number of hydrogen-bond donors (Lipinski definition) is 1. The van der Waals surface area contributed by atoms with E-state index < -0.39 is 34.6 Å². The molecule has 2 atom stereocenters. The molecular weight excluding hydrogens is 624 g/mol. The smallest absolute Gasteiger partial charge is 0.367 e. The second-order valence-electron chi connectivity index (χ2n) is 12.4. The van der Waals surface area contributed by atoms with E-state index >= 15 is 4.39 Å². The van der Waals surface area contributed by atoms with Crippen LogP contribution in [0.15, 0.2) is 34.6 Å². The summed E-state index contributed by atoms with van der Waals surface area (Å²) in [6.45, 7) is 4.95. The maximum Gasteiger partial charge on any atom is 0.417 e. The number of aromatic nitrogens is 2. The summed E-state index contributed by atoms with van der Waals surface area (Å²) in [4.78, 5) is 49.0. The molecule has 1 aliphatic heterocycles. The fourth-order valence-corrected chi connectivity index (χ4v) is 7.04. The van der Waals surface area contributed by atoms with Gasteiger partial charge in [0, 0.05) is 74.6 Å². The molecule has 2 fully saturated rings. The highest BCUT2D eigenvalue weighted by Crippen LogP contribution is 2.38. The van der Waals surface area contributed by atoms with Gasteiger partial charge in [0.05, 0.1) is 28.2 Å². The minimum atomic E-state index is -4.96. The van der Waals surface area contributed by atoms with Crippen LogP contribution < -0.4 is 15.8 Å². The summed E-state index contributed by atoms with van der Waals surface area (Å²) >= 11 is 1.08. The van der Waals surface area contributed by atoms with E-state index in [1.165, 1.54) is 19.2 Å². The Labute approximate surface area is 268 Å². The molecule has 0 radical (unpaired) electrons. The van der Waals surface area contributed by atoms with Crippen LogP contribution in [0, 0.1) is 5.82 Å². The predicted molar refractivity (Wildman–Crippen MR) is 170 cm³/mol. The molecule has 46 heavy (non-hydrogen) atoms. The van der Waals surface area contributed by atoms with E-state index in [0.717, 1.165) is 54.2 Å². The lowest BCUT2D eigenvalue weighted by molar-refractivity contribution is -0.138. The molecule has 3 aromatic rings. The highest BCUT2D eigenvalue weighted by molar-refractivity contribution is 7.12. The van der Waals surface area contributed by atoms with Gasteiger partial charge in [-0.25, -0.2) is 9.37 Å². The van der Waals surface area contributed by atoms with Gasteiger partial charge in [-0.05, 0) is 39.8 Å². The van der Waals surface area contributed by atoms with E-state index in [2.05, 4.69) is 15.2 Å². The third-order valence-corrected chi connectivity index (χ3v) is 10.0. The maximum absolute atomic E-state index is 15.9. The quantitative estimate of drug-likeness (QED) is 0.333. The Kier molecular flexibility index (Phi) is 9.60. The van der Waals surface area contributed by atoms with Crippen molar-refractivity contribution in [3.8, 4) is 11.3 Å². The van der Waals surface area contributed by atoms with Gasteiger partial charge < -0.3 is 19.7 Å². The van der Waals surface area contributed by atoms with Crippen molar-refractivity contribution in [1.29, 1.82) is 0 Å². The van der Waals surface area contributed by atoms with Crippen LogP contribution in [-0.2, 0) is 13.2 Å². The van der Waals surface area contributed by atoms with Gasteiger partial charge in [0.15, 0.2) is 5.01 Å². The summed E-state index contributed by atoms with van der Waals surface area (Å²) in [5.74, 6) is -2.03. The Bertz CT molecular complexity index is 1670. The number of hydrogen-bond acceptors (Lipinski definition) is 7. The lowest BCUT2D eigenvalue weighted by Crippen LogP contribution is -2.55. The average Bonchev–Trinajstić information content (AvgIpc) is 3.50. The molecule has 2 aliphatic rings. The first-order valence-corrected chi connectivity index (χ1v) is 16.2. The fourth-order valence-electron chi connectivity index (χ4n) is 6.24. The van der Waals surface area contributed by atoms with Gasteiger partial charge in [-0.1, -0.05) is 19.3 Å². The van der Waals surface area contributed by atoms with E-state index in [1.807, 2.05) is 25.8 Å². The number of likely N-dealkylation sites (N-methyl/N-ethyl adjacent to an activating group) is 1. The number of pyridine rings is 1. The molecule has 0 spiro atoms. The fraction of sp³-hybridized carbons (Fsp3) is 0.500. The zero-order valence-corrected chi connectivity index (χ0v) is 27.3. The molecule has 2 amide bonds. The van der Waals surface area contributed by atoms with Gasteiger partial charge in [0.1, 0.15) is 5.82 Å². The number of aryl methyl sites for hydroxylation is 1. The molecule has 2 aromatic heterocycles. The number of carbonyl (C=O) groups excluding carboxylic acids is 2. The van der Waals surface area contributed by atoms with Gasteiger partial charge in [-0.3, -0.25) is 19.3 Å². The molecule has 0 bridgehead atoms. The number of carbonyl (C=O) groups is 2. The number of piperazine rings is 1. The van der Waals surface area contributed by atoms with Crippen LogP contribution in [0.3, 0.4) is 0 Å². The predicted octanol–water partition coefficient (Wildman–Crippen LogP) is 5.85. The van der Waals surface area contributed by atoms with Crippen LogP contribution in [0.1, 0.15) is 71.7 Å². The molecule has 3 heterocycles. The first-order chi connectivity index (χ1) is 21.6. The Morgan fingerprint density at radius 2 is 1.70 bits per heavy atom. The summed E-state index contributed by atoms with van der Waals surface area (Å²) in [7, 11) is 4.97. The van der Waals surface area contributed by atoms with Crippen molar-refractivity contribution in [2.75, 3.05) is 37.4 Å². The van der Waals surface area contributed by atoms with E-state index in [1.54, 1.807) is 17.3 Å². The average molecular weight is 663 g/mol. The van der Waals surface area contributed by atoms with Crippen LogP contribution in [0.25, 0.3) is 11.3 Å². The molecule has 248 valence electrons. The van der Waals surface area contributed by atoms with Crippen molar-refractivity contribution in [2.24, 2.45) is 7.05 Å². The summed E-state index contributed by atoms with van der Waals surface area (Å²) < 4.78 is 58.5. The molecule has 1 N–H and O–H groups in total. The van der Waals surface area contributed by atoms with E-state index in [9.17, 15) is 27.6 Å². The van der Waals surface area contributed by atoms with Crippen LogP contribution in [-0.4, -0.2) is 76.5 Å². The Hall–Kier alpha value is -3.78. The first kappa shape index (κ1) is 33.6. The number of amides is 2. The largest absolute Gasteiger partial charge is 0.417 e. The Balaban J connectivity index is 1.54. The molecule has 5 rings (SSSR count). The van der Waals surface area contributed by atoms with E-state index in [-0.39, 0.29) is 46.0 Å².